The second-order valence-electron chi connectivity index (χ2n) is 15.3. The van der Waals surface area contributed by atoms with Crippen LogP contribution in [0.5, 0.6) is 11.5 Å². The number of hydrogen-bond acceptors (Lipinski definition) is 8. The molecule has 0 unspecified atom stereocenters. The van der Waals surface area contributed by atoms with E-state index >= 15 is 0 Å². The summed E-state index contributed by atoms with van der Waals surface area (Å²) in [6.07, 6.45) is 6.40. The topological polar surface area (TPSA) is 166 Å². The summed E-state index contributed by atoms with van der Waals surface area (Å²) in [7, 11) is 0. The summed E-state index contributed by atoms with van der Waals surface area (Å²) >= 11 is 0. The van der Waals surface area contributed by atoms with Gasteiger partial charge in [0.05, 0.1) is 30.2 Å². The molecule has 2 aromatic carbocycles. The molecule has 0 spiro atoms. The molecule has 7 rings (SSSR count). The number of carbonyl (C=O) groups excluding carboxylic acids is 2. The minimum atomic E-state index is -0.609. The Bertz CT molecular complexity index is 2120. The Balaban J connectivity index is 1.07. The van der Waals surface area contributed by atoms with Crippen LogP contribution in [0.15, 0.2) is 72.9 Å². The van der Waals surface area contributed by atoms with E-state index in [0.29, 0.717) is 36.1 Å². The number of benzene rings is 2. The normalized spacial score (nSPS) is 19.1. The third-order valence-electron chi connectivity index (χ3n) is 10.1. The maximum atomic E-state index is 13.7. The average Bonchev–Trinajstić information content (AvgIpc) is 3.77. The van der Waals surface area contributed by atoms with Gasteiger partial charge in [-0.05, 0) is 81.3 Å². The molecule has 0 saturated carbocycles. The fourth-order valence-electron chi connectivity index (χ4n) is 7.26. The van der Waals surface area contributed by atoms with Gasteiger partial charge >= 0.3 is 12.1 Å². The Labute approximate surface area is 315 Å². The SMILES string of the molecule is C[C@@H](CNC(N)=O)Oc1cccc(-n2nc(C(C)(C)C)cc2NC(=O)N[C@H]2CC[C@@H](Oc3ccc4nnc(N5CCCC[C@@H]5C)n4c3)c3ccccc32)c1. The van der Waals surface area contributed by atoms with Gasteiger partial charge in [-0.1, -0.05) is 51.1 Å². The number of nitrogens with zero attached hydrogens (tertiary/aromatic N) is 6. The van der Waals surface area contributed by atoms with Crippen molar-refractivity contribution < 1.29 is 19.1 Å². The lowest BCUT2D eigenvalue weighted by atomic mass is 9.85. The third-order valence-corrected chi connectivity index (χ3v) is 10.1. The first-order chi connectivity index (χ1) is 25.9. The fourth-order valence-corrected chi connectivity index (χ4v) is 7.26. The number of rotatable bonds is 10. The van der Waals surface area contributed by atoms with Gasteiger partial charge in [0.2, 0.25) is 5.95 Å². The van der Waals surface area contributed by atoms with Crippen LogP contribution in [0.4, 0.5) is 21.4 Å². The van der Waals surface area contributed by atoms with Gasteiger partial charge in [0.25, 0.3) is 0 Å². The first-order valence-electron chi connectivity index (χ1n) is 18.8. The predicted molar refractivity (Wildman–Crippen MR) is 208 cm³/mol. The summed E-state index contributed by atoms with van der Waals surface area (Å²) in [6, 6.07) is 20.6. The molecule has 0 radical (unpaired) electrons. The minimum absolute atomic E-state index is 0.187. The van der Waals surface area contributed by atoms with Crippen molar-refractivity contribution in [3.8, 4) is 17.2 Å². The van der Waals surface area contributed by atoms with E-state index in [0.717, 1.165) is 53.6 Å². The van der Waals surface area contributed by atoms with Crippen molar-refractivity contribution in [3.05, 3.63) is 89.7 Å². The molecule has 284 valence electrons. The number of piperidine rings is 1. The summed E-state index contributed by atoms with van der Waals surface area (Å²) < 4.78 is 16.4. The maximum Gasteiger partial charge on any atom is 0.320 e. The Hall–Kier alpha value is -5.79. The summed E-state index contributed by atoms with van der Waals surface area (Å²) in [4.78, 5) is 27.2. The zero-order chi connectivity index (χ0) is 38.0. The van der Waals surface area contributed by atoms with Crippen molar-refractivity contribution in [2.75, 3.05) is 23.3 Å². The van der Waals surface area contributed by atoms with Crippen LogP contribution in [0, 0.1) is 0 Å². The van der Waals surface area contributed by atoms with E-state index in [-0.39, 0.29) is 36.2 Å². The average molecular weight is 735 g/mol. The van der Waals surface area contributed by atoms with E-state index in [4.69, 9.17) is 20.3 Å². The molecule has 3 aromatic heterocycles. The van der Waals surface area contributed by atoms with Crippen LogP contribution in [0.25, 0.3) is 11.3 Å². The number of pyridine rings is 1. The Kier molecular flexibility index (Phi) is 10.3. The van der Waals surface area contributed by atoms with Crippen LogP contribution in [0.3, 0.4) is 0 Å². The molecule has 1 saturated heterocycles. The predicted octanol–water partition coefficient (Wildman–Crippen LogP) is 6.80. The number of aromatic nitrogens is 5. The molecular formula is C40H50N10O4. The number of carbonyl (C=O) groups is 2. The number of nitrogens with two attached hydrogens (primary N) is 1. The minimum Gasteiger partial charge on any atom is -0.489 e. The maximum absolute atomic E-state index is 13.7. The molecule has 4 atom stereocenters. The molecular weight excluding hydrogens is 685 g/mol. The van der Waals surface area contributed by atoms with Crippen LogP contribution < -0.4 is 36.1 Å². The number of nitrogens with one attached hydrogen (secondary N) is 3. The monoisotopic (exact) mass is 734 g/mol. The van der Waals surface area contributed by atoms with Gasteiger partial charge in [-0.25, -0.2) is 14.3 Å². The third kappa shape index (κ3) is 8.07. The lowest BCUT2D eigenvalue weighted by Gasteiger charge is -2.33. The van der Waals surface area contributed by atoms with Gasteiger partial charge in [-0.15, -0.1) is 10.2 Å². The van der Waals surface area contributed by atoms with Gasteiger partial charge < -0.3 is 30.7 Å². The first-order valence-corrected chi connectivity index (χ1v) is 18.8. The number of ether oxygens (including phenoxy) is 2. The van der Waals surface area contributed by atoms with Crippen molar-refractivity contribution in [3.63, 3.8) is 0 Å². The summed E-state index contributed by atoms with van der Waals surface area (Å²) in [6.45, 7) is 11.5. The van der Waals surface area contributed by atoms with Gasteiger partial charge in [0.1, 0.15) is 29.5 Å². The molecule has 14 nitrogen and oxygen atoms in total. The fraction of sp³-hybridized carbons (Fsp3) is 0.425. The van der Waals surface area contributed by atoms with Crippen LogP contribution in [0.1, 0.15) is 95.7 Å². The van der Waals surface area contributed by atoms with Crippen molar-refractivity contribution in [2.45, 2.75) is 96.4 Å². The van der Waals surface area contributed by atoms with Crippen LogP contribution in [0.2, 0.25) is 0 Å². The molecule has 1 aliphatic heterocycles. The summed E-state index contributed by atoms with van der Waals surface area (Å²) in [5.74, 6) is 2.70. The second kappa shape index (κ2) is 15.3. The molecule has 14 heteroatoms. The van der Waals surface area contributed by atoms with E-state index in [1.54, 1.807) is 4.68 Å². The highest BCUT2D eigenvalue weighted by atomic mass is 16.5. The van der Waals surface area contributed by atoms with Gasteiger partial charge in [0, 0.05) is 30.1 Å². The smallest absolute Gasteiger partial charge is 0.320 e. The van der Waals surface area contributed by atoms with E-state index in [1.165, 1.54) is 6.42 Å². The largest absolute Gasteiger partial charge is 0.489 e. The van der Waals surface area contributed by atoms with Gasteiger partial charge in [-0.3, -0.25) is 9.72 Å². The number of hydrogen-bond donors (Lipinski definition) is 4. The van der Waals surface area contributed by atoms with E-state index in [1.807, 2.05) is 72.1 Å². The Morgan fingerprint density at radius 3 is 2.56 bits per heavy atom. The zero-order valence-corrected chi connectivity index (χ0v) is 31.6. The standard InChI is InChI=1S/C40H50N10O4/c1-25-11-8-9-20-48(25)39-46-45-35-19-16-29(24-49(35)39)54-33-18-17-32(30-14-6-7-15-31(30)33)43-38(52)44-36-22-34(40(3,4)5)47-50(36)27-12-10-13-28(21-27)53-26(2)23-42-37(41)51/h6-7,10,12-16,19,21-22,24-26,32-33H,8-9,11,17-18,20,23H2,1-5H3,(H3,41,42,51)(H2,43,44,52)/t25-,26-,32-,33+/m0/s1. The Morgan fingerprint density at radius 2 is 1.78 bits per heavy atom. The summed E-state index contributed by atoms with van der Waals surface area (Å²) in [5, 5.41) is 22.7. The molecule has 0 bridgehead atoms. The molecule has 1 fully saturated rings. The van der Waals surface area contributed by atoms with E-state index in [2.05, 4.69) is 70.9 Å². The lowest BCUT2D eigenvalue weighted by molar-refractivity contribution is 0.171. The highest BCUT2D eigenvalue weighted by molar-refractivity contribution is 5.89. The molecule has 5 aromatic rings. The lowest BCUT2D eigenvalue weighted by Crippen LogP contribution is -2.38. The molecule has 5 N–H and O–H groups in total. The van der Waals surface area contributed by atoms with E-state index in [9.17, 15) is 9.59 Å². The van der Waals surface area contributed by atoms with E-state index < -0.39 is 6.03 Å². The number of fused-ring (bicyclic) bond motifs is 2. The summed E-state index contributed by atoms with van der Waals surface area (Å²) in [5.41, 5.74) is 9.31. The van der Waals surface area contributed by atoms with Crippen molar-refractivity contribution >= 4 is 29.5 Å². The van der Waals surface area contributed by atoms with Crippen molar-refractivity contribution in [1.29, 1.82) is 0 Å². The molecule has 2 aliphatic rings. The number of urea groups is 2. The number of amides is 4. The highest BCUT2D eigenvalue weighted by Crippen LogP contribution is 2.39. The molecule has 4 amide bonds. The van der Waals surface area contributed by atoms with Crippen LogP contribution in [-0.4, -0.2) is 61.7 Å². The quantitative estimate of drug-likeness (QED) is 0.122. The number of primary amides is 1. The van der Waals surface area contributed by atoms with Crippen LogP contribution >= 0.6 is 0 Å². The van der Waals surface area contributed by atoms with Crippen molar-refractivity contribution in [1.82, 2.24) is 35.0 Å². The second-order valence-corrected chi connectivity index (χ2v) is 15.3. The van der Waals surface area contributed by atoms with Crippen LogP contribution in [-0.2, 0) is 5.41 Å². The molecule has 1 aliphatic carbocycles. The molecule has 4 heterocycles. The van der Waals surface area contributed by atoms with Gasteiger partial charge in [-0.2, -0.15) is 5.10 Å². The van der Waals surface area contributed by atoms with Crippen molar-refractivity contribution in [2.24, 2.45) is 5.73 Å². The Morgan fingerprint density at radius 1 is 0.963 bits per heavy atom. The zero-order valence-electron chi connectivity index (χ0n) is 31.6. The van der Waals surface area contributed by atoms with Gasteiger partial charge in [0.15, 0.2) is 5.65 Å². The first kappa shape index (κ1) is 36.6. The number of anilines is 2. The highest BCUT2D eigenvalue weighted by Gasteiger charge is 2.31. The molecule has 54 heavy (non-hydrogen) atoms.